The molecule has 27 heavy (non-hydrogen) atoms. The van der Waals surface area contributed by atoms with Crippen LogP contribution in [0.5, 0.6) is 0 Å². The fourth-order valence-corrected chi connectivity index (χ4v) is 4.63. The number of hydrogen-bond acceptors (Lipinski definition) is 3. The summed E-state index contributed by atoms with van der Waals surface area (Å²) in [6, 6.07) is 7.13. The number of fused-ring (bicyclic) bond motifs is 1. The molecule has 1 aromatic carbocycles. The number of alkyl halides is 3. The molecule has 2 nitrogen and oxygen atoms in total. The van der Waals surface area contributed by atoms with E-state index in [0.29, 0.717) is 22.0 Å². The molecule has 0 saturated carbocycles. The zero-order valence-electron chi connectivity index (χ0n) is 15.5. The standard InChI is InChI=1S/C21H21F3N2S/c1-20(2,3)15-8-9-16-17(11-25)19(27-18(16)10-15)26-12-13-4-6-14(7-5-13)21(22,23)24/h4-7,12,15H,8-10H2,1-3H3/t15-/m1/s1. The van der Waals surface area contributed by atoms with Crippen LogP contribution in [0.4, 0.5) is 18.2 Å². The Morgan fingerprint density at radius 3 is 2.41 bits per heavy atom. The number of benzene rings is 1. The first kappa shape index (κ1) is 19.6. The van der Waals surface area contributed by atoms with E-state index in [0.717, 1.165) is 37.0 Å². The third-order valence-electron chi connectivity index (χ3n) is 5.15. The molecule has 142 valence electrons. The molecular weight excluding hydrogens is 369 g/mol. The van der Waals surface area contributed by atoms with Crippen molar-refractivity contribution in [2.75, 3.05) is 0 Å². The van der Waals surface area contributed by atoms with Crippen LogP contribution < -0.4 is 0 Å². The summed E-state index contributed by atoms with van der Waals surface area (Å²) in [5, 5.41) is 10.2. The summed E-state index contributed by atoms with van der Waals surface area (Å²) in [6.45, 7) is 6.72. The molecule has 0 spiro atoms. The van der Waals surface area contributed by atoms with Gasteiger partial charge in [0, 0.05) is 11.1 Å². The van der Waals surface area contributed by atoms with Crippen LogP contribution in [0, 0.1) is 22.7 Å². The van der Waals surface area contributed by atoms with E-state index in [4.69, 9.17) is 0 Å². The lowest BCUT2D eigenvalue weighted by Gasteiger charge is -2.33. The van der Waals surface area contributed by atoms with Crippen molar-refractivity contribution >= 4 is 22.6 Å². The monoisotopic (exact) mass is 390 g/mol. The lowest BCUT2D eigenvalue weighted by atomic mass is 9.72. The van der Waals surface area contributed by atoms with Crippen LogP contribution in [0.15, 0.2) is 29.3 Å². The van der Waals surface area contributed by atoms with Gasteiger partial charge in [0.05, 0.1) is 11.1 Å². The minimum absolute atomic E-state index is 0.220. The topological polar surface area (TPSA) is 36.1 Å². The molecule has 3 rings (SSSR count). The van der Waals surface area contributed by atoms with Crippen LogP contribution in [0.3, 0.4) is 0 Å². The molecule has 0 radical (unpaired) electrons. The van der Waals surface area contributed by atoms with Crippen molar-refractivity contribution in [2.45, 2.75) is 46.2 Å². The van der Waals surface area contributed by atoms with Crippen LogP contribution >= 0.6 is 11.3 Å². The van der Waals surface area contributed by atoms with Gasteiger partial charge >= 0.3 is 6.18 Å². The molecule has 1 aliphatic carbocycles. The quantitative estimate of drug-likeness (QED) is 0.536. The number of thiophene rings is 1. The summed E-state index contributed by atoms with van der Waals surface area (Å²) in [4.78, 5) is 5.64. The summed E-state index contributed by atoms with van der Waals surface area (Å²) in [7, 11) is 0. The Kier molecular flexibility index (Phi) is 5.18. The molecule has 0 bridgehead atoms. The summed E-state index contributed by atoms with van der Waals surface area (Å²) in [5.41, 5.74) is 1.83. The van der Waals surface area contributed by atoms with Gasteiger partial charge in [-0.2, -0.15) is 18.4 Å². The maximum atomic E-state index is 12.6. The number of aliphatic imine (C=N–C) groups is 1. The molecule has 0 saturated heterocycles. The van der Waals surface area contributed by atoms with Gasteiger partial charge in [-0.1, -0.05) is 32.9 Å². The second-order valence-corrected chi connectivity index (χ2v) is 9.06. The smallest absolute Gasteiger partial charge is 0.244 e. The fourth-order valence-electron chi connectivity index (χ4n) is 3.41. The number of hydrogen-bond donors (Lipinski definition) is 0. The van der Waals surface area contributed by atoms with Gasteiger partial charge < -0.3 is 0 Å². The largest absolute Gasteiger partial charge is 0.416 e. The molecule has 1 heterocycles. The van der Waals surface area contributed by atoms with Crippen LogP contribution in [0.2, 0.25) is 0 Å². The minimum Gasteiger partial charge on any atom is -0.244 e. The molecule has 0 aliphatic heterocycles. The average molecular weight is 390 g/mol. The number of nitriles is 1. The van der Waals surface area contributed by atoms with Gasteiger partial charge in [0.25, 0.3) is 0 Å². The van der Waals surface area contributed by atoms with Crippen LogP contribution in [-0.2, 0) is 19.0 Å². The third-order valence-corrected chi connectivity index (χ3v) is 6.31. The van der Waals surface area contributed by atoms with Crippen molar-refractivity contribution in [1.82, 2.24) is 0 Å². The molecular formula is C21H21F3N2S. The summed E-state index contributed by atoms with van der Waals surface area (Å²) in [5.74, 6) is 0.571. The first-order valence-corrected chi connectivity index (χ1v) is 9.67. The molecule has 1 aromatic heterocycles. The number of halogens is 3. The highest BCUT2D eigenvalue weighted by atomic mass is 32.1. The van der Waals surface area contributed by atoms with E-state index in [9.17, 15) is 18.4 Å². The van der Waals surface area contributed by atoms with Crippen molar-refractivity contribution in [3.63, 3.8) is 0 Å². The summed E-state index contributed by atoms with van der Waals surface area (Å²) >= 11 is 1.53. The van der Waals surface area contributed by atoms with Gasteiger partial charge in [0.2, 0.25) is 0 Å². The average Bonchev–Trinajstić information content (AvgIpc) is 2.95. The van der Waals surface area contributed by atoms with Gasteiger partial charge in [-0.15, -0.1) is 11.3 Å². The van der Waals surface area contributed by atoms with Gasteiger partial charge in [0.15, 0.2) is 0 Å². The maximum absolute atomic E-state index is 12.6. The van der Waals surface area contributed by atoms with E-state index in [1.807, 2.05) is 0 Å². The molecule has 0 unspecified atom stereocenters. The maximum Gasteiger partial charge on any atom is 0.416 e. The SMILES string of the molecule is CC(C)(C)[C@@H]1CCc2c(sc(N=Cc3ccc(C(F)(F)F)cc3)c2C#N)C1. The Labute approximate surface area is 161 Å². The molecule has 2 aromatic rings. The Morgan fingerprint density at radius 1 is 1.19 bits per heavy atom. The second-order valence-electron chi connectivity index (χ2n) is 7.98. The lowest BCUT2D eigenvalue weighted by molar-refractivity contribution is -0.137. The highest BCUT2D eigenvalue weighted by Crippen LogP contribution is 2.44. The molecule has 0 fully saturated rings. The summed E-state index contributed by atoms with van der Waals surface area (Å²) in [6.07, 6.45) is 0.0734. The van der Waals surface area contributed by atoms with Crippen molar-refractivity contribution in [2.24, 2.45) is 16.3 Å². The third kappa shape index (κ3) is 4.24. The van der Waals surface area contributed by atoms with Crippen LogP contribution in [0.25, 0.3) is 0 Å². The van der Waals surface area contributed by atoms with E-state index in [1.165, 1.54) is 34.6 Å². The molecule has 1 aliphatic rings. The van der Waals surface area contributed by atoms with Gasteiger partial charge in [-0.05, 0) is 53.9 Å². The van der Waals surface area contributed by atoms with E-state index in [2.05, 4.69) is 31.8 Å². The predicted molar refractivity (Wildman–Crippen MR) is 103 cm³/mol. The van der Waals surface area contributed by atoms with E-state index >= 15 is 0 Å². The van der Waals surface area contributed by atoms with Crippen molar-refractivity contribution in [3.05, 3.63) is 51.4 Å². The molecule has 0 amide bonds. The predicted octanol–water partition coefficient (Wildman–Crippen LogP) is 6.54. The van der Waals surface area contributed by atoms with Gasteiger partial charge in [-0.25, -0.2) is 4.99 Å². The highest BCUT2D eigenvalue weighted by molar-refractivity contribution is 7.16. The molecule has 6 heteroatoms. The molecule has 1 atom stereocenters. The van der Waals surface area contributed by atoms with Crippen LogP contribution in [0.1, 0.15) is 54.3 Å². The number of nitrogens with zero attached hydrogens (tertiary/aromatic N) is 2. The second kappa shape index (κ2) is 7.12. The molecule has 0 N–H and O–H groups in total. The van der Waals surface area contributed by atoms with E-state index in [-0.39, 0.29) is 5.41 Å². The van der Waals surface area contributed by atoms with Crippen molar-refractivity contribution < 1.29 is 13.2 Å². The fraction of sp³-hybridized carbons (Fsp3) is 0.429. The minimum atomic E-state index is -4.35. The normalized spacial score (nSPS) is 17.7. The Bertz CT molecular complexity index is 894. The first-order valence-electron chi connectivity index (χ1n) is 8.85. The van der Waals surface area contributed by atoms with Crippen LogP contribution in [-0.4, -0.2) is 6.21 Å². The lowest BCUT2D eigenvalue weighted by Crippen LogP contribution is -2.26. The van der Waals surface area contributed by atoms with E-state index < -0.39 is 11.7 Å². The first-order chi connectivity index (χ1) is 12.6. The Balaban J connectivity index is 1.85. The van der Waals surface area contributed by atoms with Gasteiger partial charge in [0.1, 0.15) is 11.1 Å². The Morgan fingerprint density at radius 2 is 1.85 bits per heavy atom. The number of rotatable bonds is 2. The zero-order chi connectivity index (χ0) is 19.8. The van der Waals surface area contributed by atoms with E-state index in [1.54, 1.807) is 0 Å². The zero-order valence-corrected chi connectivity index (χ0v) is 16.3. The highest BCUT2D eigenvalue weighted by Gasteiger charge is 2.32. The Hall–Kier alpha value is -2.13. The van der Waals surface area contributed by atoms with Crippen molar-refractivity contribution in [3.8, 4) is 6.07 Å². The summed E-state index contributed by atoms with van der Waals surface area (Å²) < 4.78 is 37.9. The van der Waals surface area contributed by atoms with Gasteiger partial charge in [-0.3, -0.25) is 0 Å². The van der Waals surface area contributed by atoms with Crippen molar-refractivity contribution in [1.29, 1.82) is 5.26 Å².